The van der Waals surface area contributed by atoms with Crippen LogP contribution in [-0.2, 0) is 0 Å². The highest BCUT2D eigenvalue weighted by atomic mass is 16.3. The third kappa shape index (κ3) is 2.46. The normalized spacial score (nSPS) is 19.3. The molecule has 0 saturated carbocycles. The highest BCUT2D eigenvalue weighted by Gasteiger charge is 2.20. The molecule has 0 unspecified atom stereocenters. The molecule has 0 bridgehead atoms. The van der Waals surface area contributed by atoms with Crippen molar-refractivity contribution < 1.29 is 5.11 Å². The van der Waals surface area contributed by atoms with Gasteiger partial charge in [0.15, 0.2) is 5.82 Å². The van der Waals surface area contributed by atoms with Crippen LogP contribution >= 0.6 is 0 Å². The average Bonchev–Trinajstić information content (AvgIpc) is 2.91. The Morgan fingerprint density at radius 2 is 2.25 bits per heavy atom. The second kappa shape index (κ2) is 5.13. The lowest BCUT2D eigenvalue weighted by molar-refractivity contribution is 0.476. The van der Waals surface area contributed by atoms with Gasteiger partial charge >= 0.3 is 0 Å². The second-order valence-electron chi connectivity index (χ2n) is 5.31. The zero-order valence-corrected chi connectivity index (χ0v) is 11.7. The molecule has 0 amide bonds. The summed E-state index contributed by atoms with van der Waals surface area (Å²) in [5.74, 6) is 1.51. The number of anilines is 1. The molecule has 2 aromatic rings. The maximum Gasteiger partial charge on any atom is 0.245 e. The molecule has 6 nitrogen and oxygen atoms in total. The van der Waals surface area contributed by atoms with Crippen molar-refractivity contribution >= 4 is 5.95 Å². The van der Waals surface area contributed by atoms with Gasteiger partial charge in [-0.15, -0.1) is 5.10 Å². The highest BCUT2D eigenvalue weighted by Crippen LogP contribution is 2.28. The minimum absolute atomic E-state index is 0.215. The van der Waals surface area contributed by atoms with Gasteiger partial charge in [-0.05, 0) is 26.0 Å². The fraction of sp³-hybridized carbons (Fsp3) is 0.429. The zero-order chi connectivity index (χ0) is 14.1. The smallest absolute Gasteiger partial charge is 0.245 e. The van der Waals surface area contributed by atoms with Crippen LogP contribution in [0.5, 0.6) is 5.75 Å². The monoisotopic (exact) mass is 273 g/mol. The molecule has 1 fully saturated rings. The molecular formula is C14H19N5O. The molecule has 3 N–H and O–H groups in total. The Bertz CT molecular complexity index is 609. The van der Waals surface area contributed by atoms with Crippen molar-refractivity contribution in [2.75, 3.05) is 24.5 Å². The minimum Gasteiger partial charge on any atom is -0.507 e. The van der Waals surface area contributed by atoms with Crippen molar-refractivity contribution in [3.05, 3.63) is 23.8 Å². The molecule has 1 atom stereocenters. The summed E-state index contributed by atoms with van der Waals surface area (Å²) in [6.45, 7) is 6.84. The Hall–Kier alpha value is -2.08. The van der Waals surface area contributed by atoms with Gasteiger partial charge in [0.1, 0.15) is 5.75 Å². The maximum absolute atomic E-state index is 9.94. The van der Waals surface area contributed by atoms with E-state index in [0.717, 1.165) is 25.2 Å². The number of aromatic amines is 1. The van der Waals surface area contributed by atoms with Gasteiger partial charge in [-0.25, -0.2) is 0 Å². The van der Waals surface area contributed by atoms with E-state index in [4.69, 9.17) is 0 Å². The van der Waals surface area contributed by atoms with Crippen molar-refractivity contribution in [3.8, 4) is 17.1 Å². The zero-order valence-electron chi connectivity index (χ0n) is 11.7. The molecule has 0 radical (unpaired) electrons. The number of rotatable bonds is 2. The van der Waals surface area contributed by atoms with Crippen LogP contribution in [0.1, 0.15) is 12.5 Å². The molecular weight excluding hydrogens is 254 g/mol. The van der Waals surface area contributed by atoms with E-state index in [1.807, 2.05) is 19.1 Å². The van der Waals surface area contributed by atoms with E-state index in [1.54, 1.807) is 6.07 Å². The lowest BCUT2D eigenvalue weighted by Gasteiger charge is -2.30. The average molecular weight is 273 g/mol. The first kappa shape index (κ1) is 12.9. The summed E-state index contributed by atoms with van der Waals surface area (Å²) in [4.78, 5) is 6.66. The van der Waals surface area contributed by atoms with E-state index in [1.165, 1.54) is 0 Å². The number of aryl methyl sites for hydroxylation is 1. The van der Waals surface area contributed by atoms with Crippen LogP contribution in [0.4, 0.5) is 5.95 Å². The van der Waals surface area contributed by atoms with Crippen molar-refractivity contribution in [1.29, 1.82) is 0 Å². The van der Waals surface area contributed by atoms with Crippen molar-refractivity contribution in [2.24, 2.45) is 0 Å². The number of nitrogens with one attached hydrogen (secondary N) is 2. The van der Waals surface area contributed by atoms with E-state index < -0.39 is 0 Å². The molecule has 1 saturated heterocycles. The van der Waals surface area contributed by atoms with E-state index >= 15 is 0 Å². The van der Waals surface area contributed by atoms with Gasteiger partial charge < -0.3 is 15.3 Å². The molecule has 1 aromatic carbocycles. The molecule has 0 aliphatic carbocycles. The summed E-state index contributed by atoms with van der Waals surface area (Å²) >= 11 is 0. The van der Waals surface area contributed by atoms with Gasteiger partial charge in [-0.3, -0.25) is 5.10 Å². The minimum atomic E-state index is 0.215. The largest absolute Gasteiger partial charge is 0.507 e. The number of aromatic nitrogens is 3. The van der Waals surface area contributed by atoms with E-state index in [9.17, 15) is 5.11 Å². The first-order chi connectivity index (χ1) is 9.63. The van der Waals surface area contributed by atoms with Gasteiger partial charge in [0, 0.05) is 25.7 Å². The first-order valence-electron chi connectivity index (χ1n) is 6.84. The molecule has 2 heterocycles. The fourth-order valence-electron chi connectivity index (χ4n) is 2.47. The number of phenolic OH excluding ortho intramolecular Hbond substituents is 1. The topological polar surface area (TPSA) is 77.1 Å². The van der Waals surface area contributed by atoms with E-state index in [2.05, 4.69) is 32.3 Å². The van der Waals surface area contributed by atoms with Crippen LogP contribution in [0.2, 0.25) is 0 Å². The van der Waals surface area contributed by atoms with Gasteiger partial charge in [0.2, 0.25) is 5.95 Å². The summed E-state index contributed by atoms with van der Waals surface area (Å²) in [5.41, 5.74) is 1.76. The van der Waals surface area contributed by atoms with Crippen molar-refractivity contribution in [1.82, 2.24) is 20.5 Å². The van der Waals surface area contributed by atoms with E-state index in [0.29, 0.717) is 23.4 Å². The molecule has 106 valence electrons. The van der Waals surface area contributed by atoms with Crippen molar-refractivity contribution in [2.45, 2.75) is 19.9 Å². The van der Waals surface area contributed by atoms with Gasteiger partial charge in [0.05, 0.1) is 5.56 Å². The molecule has 0 spiro atoms. The SMILES string of the molecule is Cc1ccc(O)c(-c2nc(N3CCN[C@H](C)C3)n[nH]2)c1. The van der Waals surface area contributed by atoms with Crippen LogP contribution in [0.15, 0.2) is 18.2 Å². The predicted octanol–water partition coefficient (Wildman–Crippen LogP) is 1.28. The summed E-state index contributed by atoms with van der Waals surface area (Å²) < 4.78 is 0. The fourth-order valence-corrected chi connectivity index (χ4v) is 2.47. The number of piperazine rings is 1. The van der Waals surface area contributed by atoms with Gasteiger partial charge in [0.25, 0.3) is 0 Å². The molecule has 1 aliphatic heterocycles. The first-order valence-corrected chi connectivity index (χ1v) is 6.84. The lowest BCUT2D eigenvalue weighted by atomic mass is 10.1. The summed E-state index contributed by atoms with van der Waals surface area (Å²) in [6, 6.07) is 5.88. The Morgan fingerprint density at radius 1 is 1.40 bits per heavy atom. The van der Waals surface area contributed by atoms with Crippen LogP contribution in [0.25, 0.3) is 11.4 Å². The van der Waals surface area contributed by atoms with Crippen LogP contribution in [0.3, 0.4) is 0 Å². The maximum atomic E-state index is 9.94. The number of aromatic hydroxyl groups is 1. The molecule has 6 heteroatoms. The summed E-state index contributed by atoms with van der Waals surface area (Å²) in [5, 5.41) is 20.5. The number of nitrogens with zero attached hydrogens (tertiary/aromatic N) is 3. The Balaban J connectivity index is 1.88. The molecule has 1 aromatic heterocycles. The predicted molar refractivity (Wildman–Crippen MR) is 77.9 cm³/mol. The van der Waals surface area contributed by atoms with Crippen molar-refractivity contribution in [3.63, 3.8) is 0 Å². The summed E-state index contributed by atoms with van der Waals surface area (Å²) in [6.07, 6.45) is 0. The second-order valence-corrected chi connectivity index (χ2v) is 5.31. The molecule has 20 heavy (non-hydrogen) atoms. The Kier molecular flexibility index (Phi) is 3.31. The van der Waals surface area contributed by atoms with Gasteiger partial charge in [-0.1, -0.05) is 11.6 Å². The number of phenols is 1. The molecule has 3 rings (SSSR count). The highest BCUT2D eigenvalue weighted by molar-refractivity contribution is 5.65. The number of H-pyrrole nitrogens is 1. The molecule has 1 aliphatic rings. The van der Waals surface area contributed by atoms with Crippen LogP contribution < -0.4 is 10.2 Å². The number of benzene rings is 1. The lowest BCUT2D eigenvalue weighted by Crippen LogP contribution is -2.49. The van der Waals surface area contributed by atoms with E-state index in [-0.39, 0.29) is 5.75 Å². The van der Waals surface area contributed by atoms with Gasteiger partial charge in [-0.2, -0.15) is 4.98 Å². The number of hydrogen-bond acceptors (Lipinski definition) is 5. The Morgan fingerprint density at radius 3 is 3.05 bits per heavy atom. The summed E-state index contributed by atoms with van der Waals surface area (Å²) in [7, 11) is 0. The Labute approximate surface area is 117 Å². The third-order valence-electron chi connectivity index (χ3n) is 3.53. The quantitative estimate of drug-likeness (QED) is 0.768. The van der Waals surface area contributed by atoms with Crippen LogP contribution in [-0.4, -0.2) is 46.0 Å². The standard InChI is InChI=1S/C14H19N5O/c1-9-3-4-12(20)11(7-9)13-16-14(18-17-13)19-6-5-15-10(2)8-19/h3-4,7,10,15,20H,5-6,8H2,1-2H3,(H,16,17,18)/t10-/m1/s1. The number of hydrogen-bond donors (Lipinski definition) is 3. The van der Waals surface area contributed by atoms with Crippen LogP contribution in [0, 0.1) is 6.92 Å². The third-order valence-corrected chi connectivity index (χ3v) is 3.53.